The van der Waals surface area contributed by atoms with E-state index in [0.29, 0.717) is 6.20 Å². The van der Waals surface area contributed by atoms with Gasteiger partial charge in [-0.3, -0.25) is 0 Å². The molecule has 0 amide bonds. The summed E-state index contributed by atoms with van der Waals surface area (Å²) in [6.07, 6.45) is -4.02. The summed E-state index contributed by atoms with van der Waals surface area (Å²) in [5.41, 5.74) is -0.873. The Morgan fingerprint density at radius 2 is 2.11 bits per heavy atom. The SMILES string of the molecule is FC(F)(F)c1ccc(NCC2NCCC2(F)F)nc1. The Kier molecular flexibility index (Phi) is 3.62. The minimum atomic E-state index is -4.45. The van der Waals surface area contributed by atoms with Crippen LogP contribution in [0.1, 0.15) is 12.0 Å². The Morgan fingerprint density at radius 1 is 1.37 bits per heavy atom. The quantitative estimate of drug-likeness (QED) is 0.836. The minimum absolute atomic E-state index is 0.0919. The van der Waals surface area contributed by atoms with Gasteiger partial charge >= 0.3 is 6.18 Å². The lowest BCUT2D eigenvalue weighted by atomic mass is 10.1. The monoisotopic (exact) mass is 281 g/mol. The van der Waals surface area contributed by atoms with Crippen LogP contribution in [0.15, 0.2) is 18.3 Å². The number of hydrogen-bond donors (Lipinski definition) is 2. The van der Waals surface area contributed by atoms with E-state index in [1.807, 2.05) is 0 Å². The van der Waals surface area contributed by atoms with Gasteiger partial charge < -0.3 is 10.6 Å². The molecule has 2 rings (SSSR count). The van der Waals surface area contributed by atoms with Crippen molar-refractivity contribution < 1.29 is 22.0 Å². The van der Waals surface area contributed by atoms with Crippen LogP contribution >= 0.6 is 0 Å². The topological polar surface area (TPSA) is 37.0 Å². The number of halogens is 5. The van der Waals surface area contributed by atoms with Crippen LogP contribution in [0.5, 0.6) is 0 Å². The zero-order chi connectivity index (χ0) is 14.1. The maximum atomic E-state index is 13.3. The molecule has 1 aliphatic rings. The molecule has 1 aromatic rings. The van der Waals surface area contributed by atoms with Crippen molar-refractivity contribution in [2.24, 2.45) is 0 Å². The van der Waals surface area contributed by atoms with E-state index in [-0.39, 0.29) is 25.3 Å². The van der Waals surface area contributed by atoms with Gasteiger partial charge in [0.25, 0.3) is 5.92 Å². The van der Waals surface area contributed by atoms with Crippen LogP contribution in [0.3, 0.4) is 0 Å². The molecule has 0 radical (unpaired) electrons. The predicted octanol–water partition coefficient (Wildman–Crippen LogP) is 2.51. The Labute approximate surface area is 106 Å². The van der Waals surface area contributed by atoms with Crippen molar-refractivity contribution in [1.82, 2.24) is 10.3 Å². The first-order valence-corrected chi connectivity index (χ1v) is 5.67. The molecular formula is C11H12F5N3. The van der Waals surface area contributed by atoms with Crippen molar-refractivity contribution in [3.05, 3.63) is 23.9 Å². The van der Waals surface area contributed by atoms with Gasteiger partial charge in [0.15, 0.2) is 0 Å². The van der Waals surface area contributed by atoms with Crippen LogP contribution in [0, 0.1) is 0 Å². The Bertz CT molecular complexity index is 429. The summed E-state index contributed by atoms with van der Waals surface area (Å²) in [5.74, 6) is -2.67. The summed E-state index contributed by atoms with van der Waals surface area (Å²) in [7, 11) is 0. The lowest BCUT2D eigenvalue weighted by Gasteiger charge is -2.19. The summed E-state index contributed by atoms with van der Waals surface area (Å²) in [6, 6.07) is 0.947. The van der Waals surface area contributed by atoms with E-state index >= 15 is 0 Å². The van der Waals surface area contributed by atoms with Crippen LogP contribution < -0.4 is 10.6 Å². The largest absolute Gasteiger partial charge is 0.417 e. The summed E-state index contributed by atoms with van der Waals surface area (Å²) in [5, 5.41) is 5.23. The van der Waals surface area contributed by atoms with Crippen molar-refractivity contribution in [3.63, 3.8) is 0 Å². The van der Waals surface area contributed by atoms with E-state index in [1.54, 1.807) is 0 Å². The number of nitrogens with one attached hydrogen (secondary N) is 2. The molecule has 0 aliphatic carbocycles. The molecule has 1 unspecified atom stereocenters. The Morgan fingerprint density at radius 3 is 2.58 bits per heavy atom. The van der Waals surface area contributed by atoms with Gasteiger partial charge in [-0.1, -0.05) is 0 Å². The molecule has 1 aromatic heterocycles. The first kappa shape index (κ1) is 14.0. The molecule has 0 aromatic carbocycles. The Hall–Kier alpha value is -1.44. The van der Waals surface area contributed by atoms with Gasteiger partial charge in [-0.05, 0) is 12.1 Å². The summed E-state index contributed by atoms with van der Waals surface area (Å²) >= 11 is 0. The average Bonchev–Trinajstić information content (AvgIpc) is 2.65. The first-order chi connectivity index (χ1) is 8.79. The highest BCUT2D eigenvalue weighted by molar-refractivity contribution is 5.36. The molecule has 1 fully saturated rings. The average molecular weight is 281 g/mol. The van der Waals surface area contributed by atoms with Crippen LogP contribution in [0.25, 0.3) is 0 Å². The van der Waals surface area contributed by atoms with Crippen LogP contribution in [-0.2, 0) is 6.18 Å². The lowest BCUT2D eigenvalue weighted by Crippen LogP contribution is -2.41. The molecule has 1 atom stereocenters. The molecule has 2 N–H and O–H groups in total. The number of anilines is 1. The zero-order valence-electron chi connectivity index (χ0n) is 9.77. The fraction of sp³-hybridized carbons (Fsp3) is 0.545. The molecule has 19 heavy (non-hydrogen) atoms. The van der Waals surface area contributed by atoms with Crippen LogP contribution in [0.4, 0.5) is 27.8 Å². The molecule has 2 heterocycles. The van der Waals surface area contributed by atoms with Gasteiger partial charge in [0, 0.05) is 25.7 Å². The number of nitrogens with zero attached hydrogens (tertiary/aromatic N) is 1. The lowest BCUT2D eigenvalue weighted by molar-refractivity contribution is -0.137. The maximum absolute atomic E-state index is 13.3. The molecule has 1 aliphatic heterocycles. The fourth-order valence-electron chi connectivity index (χ4n) is 1.83. The standard InChI is InChI=1S/C11H12F5N3/c12-10(13)3-4-17-8(10)6-19-9-2-1-7(5-18-9)11(14,15)16/h1-2,5,8,17H,3-4,6H2,(H,18,19). The second-order valence-corrected chi connectivity index (χ2v) is 4.33. The second kappa shape index (κ2) is 4.92. The van der Waals surface area contributed by atoms with Crippen molar-refractivity contribution in [3.8, 4) is 0 Å². The van der Waals surface area contributed by atoms with Gasteiger partial charge in [0.05, 0.1) is 11.6 Å². The molecular weight excluding hydrogens is 269 g/mol. The highest BCUT2D eigenvalue weighted by Gasteiger charge is 2.43. The van der Waals surface area contributed by atoms with E-state index in [9.17, 15) is 22.0 Å². The number of hydrogen-bond acceptors (Lipinski definition) is 3. The molecule has 0 spiro atoms. The third-order valence-corrected chi connectivity index (χ3v) is 2.94. The number of aromatic nitrogens is 1. The summed E-state index contributed by atoms with van der Waals surface area (Å²) in [6.45, 7) is 0.130. The maximum Gasteiger partial charge on any atom is 0.417 e. The highest BCUT2D eigenvalue weighted by atomic mass is 19.4. The third-order valence-electron chi connectivity index (χ3n) is 2.94. The van der Waals surface area contributed by atoms with Crippen LogP contribution in [0.2, 0.25) is 0 Å². The van der Waals surface area contributed by atoms with Gasteiger partial charge in [-0.25, -0.2) is 13.8 Å². The normalized spacial score (nSPS) is 22.5. The van der Waals surface area contributed by atoms with Crippen molar-refractivity contribution in [1.29, 1.82) is 0 Å². The number of alkyl halides is 5. The fourth-order valence-corrected chi connectivity index (χ4v) is 1.83. The third kappa shape index (κ3) is 3.31. The highest BCUT2D eigenvalue weighted by Crippen LogP contribution is 2.29. The molecule has 0 saturated carbocycles. The number of pyridine rings is 1. The van der Waals surface area contributed by atoms with Crippen molar-refractivity contribution in [2.75, 3.05) is 18.4 Å². The Balaban J connectivity index is 1.94. The molecule has 0 bridgehead atoms. The van der Waals surface area contributed by atoms with Crippen LogP contribution in [-0.4, -0.2) is 30.0 Å². The molecule has 1 saturated heterocycles. The van der Waals surface area contributed by atoms with Gasteiger partial charge in [-0.15, -0.1) is 0 Å². The molecule has 106 valence electrons. The number of rotatable bonds is 3. The van der Waals surface area contributed by atoms with E-state index in [1.165, 1.54) is 0 Å². The zero-order valence-corrected chi connectivity index (χ0v) is 9.77. The van der Waals surface area contributed by atoms with E-state index < -0.39 is 23.7 Å². The minimum Gasteiger partial charge on any atom is -0.368 e. The van der Waals surface area contributed by atoms with Gasteiger partial charge in [0.1, 0.15) is 5.82 Å². The van der Waals surface area contributed by atoms with Crippen molar-refractivity contribution in [2.45, 2.75) is 24.6 Å². The van der Waals surface area contributed by atoms with E-state index in [4.69, 9.17) is 0 Å². The first-order valence-electron chi connectivity index (χ1n) is 5.67. The summed E-state index contributed by atoms with van der Waals surface area (Å²) < 4.78 is 63.4. The predicted molar refractivity (Wildman–Crippen MR) is 59.1 cm³/mol. The van der Waals surface area contributed by atoms with E-state index in [2.05, 4.69) is 15.6 Å². The van der Waals surface area contributed by atoms with Gasteiger partial charge in [-0.2, -0.15) is 13.2 Å². The molecule has 8 heteroatoms. The van der Waals surface area contributed by atoms with Crippen molar-refractivity contribution >= 4 is 5.82 Å². The second-order valence-electron chi connectivity index (χ2n) is 4.33. The smallest absolute Gasteiger partial charge is 0.368 e. The molecule has 3 nitrogen and oxygen atoms in total. The van der Waals surface area contributed by atoms with Gasteiger partial charge in [0.2, 0.25) is 0 Å². The summed E-state index contributed by atoms with van der Waals surface area (Å²) in [4.78, 5) is 3.55. The van der Waals surface area contributed by atoms with E-state index in [0.717, 1.165) is 12.1 Å².